The summed E-state index contributed by atoms with van der Waals surface area (Å²) in [5.74, 6) is 0.866. The summed E-state index contributed by atoms with van der Waals surface area (Å²) in [5, 5.41) is 10.6. The van der Waals surface area contributed by atoms with Crippen LogP contribution in [0.3, 0.4) is 0 Å². The smallest absolute Gasteiger partial charge is 0.462 e. The van der Waals surface area contributed by atoms with E-state index in [9.17, 15) is 43.2 Å². The number of rotatable bonds is 69. The summed E-state index contributed by atoms with van der Waals surface area (Å²) < 4.78 is 68.4. The highest BCUT2D eigenvalue weighted by Gasteiger charge is 2.30. The second-order valence-electron chi connectivity index (χ2n) is 27.9. The van der Waals surface area contributed by atoms with Crippen LogP contribution in [0.1, 0.15) is 357 Å². The number of phosphoric acid groups is 2. The van der Waals surface area contributed by atoms with Gasteiger partial charge in [-0.2, -0.15) is 0 Å². The van der Waals surface area contributed by atoms with Crippen LogP contribution in [0.15, 0.2) is 0 Å². The highest BCUT2D eigenvalue weighted by Crippen LogP contribution is 2.45. The number of hydrogen-bond acceptors (Lipinski definition) is 15. The second-order valence-corrected chi connectivity index (χ2v) is 30.8. The van der Waals surface area contributed by atoms with E-state index < -0.39 is 97.5 Å². The number of esters is 4. The Hall–Kier alpha value is -1.94. The second kappa shape index (κ2) is 61.6. The Morgan fingerprint density at radius 3 is 0.681 bits per heavy atom. The number of unbranched alkanes of at least 4 members (excludes halogenated alkanes) is 35. The first-order valence-electron chi connectivity index (χ1n) is 37.2. The molecule has 3 N–H and O–H groups in total. The Kier molecular flexibility index (Phi) is 60.3. The van der Waals surface area contributed by atoms with Crippen molar-refractivity contribution in [3.63, 3.8) is 0 Å². The van der Waals surface area contributed by atoms with Crippen molar-refractivity contribution in [2.24, 2.45) is 23.7 Å². The van der Waals surface area contributed by atoms with Crippen LogP contribution in [0, 0.1) is 23.7 Å². The Labute approximate surface area is 556 Å². The molecule has 0 aromatic carbocycles. The maximum atomic E-state index is 13.0. The summed E-state index contributed by atoms with van der Waals surface area (Å²) in [5.41, 5.74) is 0. The molecule has 0 bridgehead atoms. The lowest BCUT2D eigenvalue weighted by atomic mass is 10.0. The van der Waals surface area contributed by atoms with Crippen molar-refractivity contribution in [1.29, 1.82) is 0 Å². The van der Waals surface area contributed by atoms with E-state index in [1.807, 2.05) is 0 Å². The zero-order chi connectivity index (χ0) is 67.5. The summed E-state index contributed by atoms with van der Waals surface area (Å²) in [6, 6.07) is 0. The van der Waals surface area contributed by atoms with Gasteiger partial charge in [0.15, 0.2) is 12.2 Å². The lowest BCUT2D eigenvalue weighted by Gasteiger charge is -2.21. The predicted octanol–water partition coefficient (Wildman–Crippen LogP) is 20.5. The van der Waals surface area contributed by atoms with Gasteiger partial charge in [-0.05, 0) is 49.4 Å². The molecule has 0 radical (unpaired) electrons. The molecule has 0 aliphatic rings. The van der Waals surface area contributed by atoms with E-state index >= 15 is 0 Å². The van der Waals surface area contributed by atoms with Crippen LogP contribution in [0.4, 0.5) is 0 Å². The van der Waals surface area contributed by atoms with Gasteiger partial charge in [-0.3, -0.25) is 37.3 Å². The largest absolute Gasteiger partial charge is 0.472 e. The summed E-state index contributed by atoms with van der Waals surface area (Å²) in [7, 11) is -9.91. The van der Waals surface area contributed by atoms with E-state index in [-0.39, 0.29) is 25.7 Å². The normalized spacial score (nSPS) is 14.2. The van der Waals surface area contributed by atoms with Crippen LogP contribution in [0.25, 0.3) is 0 Å². The molecule has 0 spiro atoms. The molecule has 17 nitrogen and oxygen atoms in total. The van der Waals surface area contributed by atoms with Gasteiger partial charge in [-0.15, -0.1) is 0 Å². The van der Waals surface area contributed by atoms with Crippen LogP contribution in [0.5, 0.6) is 0 Å². The van der Waals surface area contributed by atoms with E-state index in [1.54, 1.807) is 0 Å². The zero-order valence-corrected chi connectivity index (χ0v) is 61.3. The van der Waals surface area contributed by atoms with Crippen molar-refractivity contribution in [3.05, 3.63) is 0 Å². The minimum atomic E-state index is -4.95. The fourth-order valence-corrected chi connectivity index (χ4v) is 12.4. The van der Waals surface area contributed by atoms with Crippen LogP contribution >= 0.6 is 15.6 Å². The minimum absolute atomic E-state index is 0.105. The number of aliphatic hydroxyl groups is 1. The van der Waals surface area contributed by atoms with Crippen LogP contribution in [0.2, 0.25) is 0 Å². The van der Waals surface area contributed by atoms with Crippen LogP contribution < -0.4 is 0 Å². The van der Waals surface area contributed by atoms with Crippen molar-refractivity contribution in [2.45, 2.75) is 375 Å². The monoisotopic (exact) mass is 1340 g/mol. The molecule has 0 aliphatic carbocycles. The van der Waals surface area contributed by atoms with Gasteiger partial charge in [0.1, 0.15) is 19.3 Å². The molecule has 5 atom stereocenters. The molecule has 19 heteroatoms. The molecule has 91 heavy (non-hydrogen) atoms. The van der Waals surface area contributed by atoms with E-state index in [0.29, 0.717) is 31.6 Å². The highest BCUT2D eigenvalue weighted by molar-refractivity contribution is 7.47. The number of ether oxygens (including phenoxy) is 4. The molecular weight excluding hydrogens is 1200 g/mol. The molecule has 0 aliphatic heterocycles. The third-order valence-corrected chi connectivity index (χ3v) is 18.5. The highest BCUT2D eigenvalue weighted by atomic mass is 31.2. The maximum Gasteiger partial charge on any atom is 0.472 e. The third kappa shape index (κ3) is 66.5. The average Bonchev–Trinajstić information content (AvgIpc) is 3.05. The van der Waals surface area contributed by atoms with Gasteiger partial charge in [-0.25, -0.2) is 9.13 Å². The van der Waals surface area contributed by atoms with Gasteiger partial charge in [0.05, 0.1) is 26.4 Å². The van der Waals surface area contributed by atoms with Gasteiger partial charge in [0, 0.05) is 25.7 Å². The van der Waals surface area contributed by atoms with Crippen LogP contribution in [-0.4, -0.2) is 96.7 Å². The molecule has 540 valence electrons. The van der Waals surface area contributed by atoms with E-state index in [0.717, 1.165) is 114 Å². The van der Waals surface area contributed by atoms with Crippen molar-refractivity contribution in [3.8, 4) is 0 Å². The maximum absolute atomic E-state index is 13.0. The Morgan fingerprint density at radius 1 is 0.275 bits per heavy atom. The van der Waals surface area contributed by atoms with Gasteiger partial charge in [0.2, 0.25) is 0 Å². The van der Waals surface area contributed by atoms with Crippen molar-refractivity contribution >= 4 is 39.5 Å². The molecule has 0 rings (SSSR count). The number of carbonyl (C=O) groups is 4. The lowest BCUT2D eigenvalue weighted by Crippen LogP contribution is -2.30. The standard InChI is InChI=1S/C72H140O17P2/c1-62(2)48-40-32-24-17-11-9-10-12-21-29-38-46-54-71(76)88-67(58-82-69(74)52-44-36-28-20-15-13-18-25-33-41-49-63(3)4)60-86-90(78,79)84-56-66(73)57-85-91(80,81)87-61-68(59-83-70(75)53-45-37-31-23-27-35-43-51-65(7)8)89-72(77)55-47-39-30-22-16-14-19-26-34-42-50-64(5)6/h62-68,73H,9-61H2,1-8H3,(H,78,79)(H,80,81)/t66?,67-,68-/m1/s1. The quantitative estimate of drug-likeness (QED) is 0.0222. The fraction of sp³-hybridized carbons (Fsp3) is 0.944. The summed E-state index contributed by atoms with van der Waals surface area (Å²) in [6.07, 6.45) is 44.4. The Balaban J connectivity index is 5.26. The summed E-state index contributed by atoms with van der Waals surface area (Å²) in [4.78, 5) is 72.6. The van der Waals surface area contributed by atoms with Crippen molar-refractivity contribution < 1.29 is 80.2 Å². The van der Waals surface area contributed by atoms with Crippen molar-refractivity contribution in [2.75, 3.05) is 39.6 Å². The topological polar surface area (TPSA) is 237 Å². The van der Waals surface area contributed by atoms with Gasteiger partial charge >= 0.3 is 39.5 Å². The van der Waals surface area contributed by atoms with Gasteiger partial charge in [-0.1, -0.05) is 306 Å². The molecule has 0 aromatic heterocycles. The minimum Gasteiger partial charge on any atom is -0.462 e. The predicted molar refractivity (Wildman–Crippen MR) is 367 cm³/mol. The SMILES string of the molecule is CC(C)CCCCCCCCCCCCCCC(=O)O[C@H](COC(=O)CCCCCCCCCCCCC(C)C)COP(=O)(O)OCC(O)COP(=O)(O)OC[C@@H](COC(=O)CCCCCCCCCC(C)C)OC(=O)CCCCCCCCCCCCC(C)C. The van der Waals surface area contributed by atoms with Crippen LogP contribution in [-0.2, 0) is 65.4 Å². The van der Waals surface area contributed by atoms with E-state index in [4.69, 9.17) is 37.0 Å². The zero-order valence-electron chi connectivity index (χ0n) is 59.5. The molecule has 0 heterocycles. The average molecular weight is 1340 g/mol. The first kappa shape index (κ1) is 89.1. The molecule has 0 aromatic rings. The molecule has 0 saturated heterocycles. The molecular formula is C72H140O17P2. The van der Waals surface area contributed by atoms with Crippen molar-refractivity contribution in [1.82, 2.24) is 0 Å². The summed E-state index contributed by atoms with van der Waals surface area (Å²) in [6.45, 7) is 14.1. The lowest BCUT2D eigenvalue weighted by molar-refractivity contribution is -0.161. The number of aliphatic hydroxyl groups excluding tert-OH is 1. The molecule has 0 amide bonds. The Bertz CT molecular complexity index is 1800. The van der Waals surface area contributed by atoms with E-state index in [1.165, 1.54) is 154 Å². The molecule has 3 unspecified atom stereocenters. The molecule has 0 saturated carbocycles. The van der Waals surface area contributed by atoms with Gasteiger partial charge in [0.25, 0.3) is 0 Å². The number of phosphoric ester groups is 2. The fourth-order valence-electron chi connectivity index (χ4n) is 10.8. The van der Waals surface area contributed by atoms with E-state index in [2.05, 4.69) is 55.4 Å². The Morgan fingerprint density at radius 2 is 0.462 bits per heavy atom. The first-order valence-corrected chi connectivity index (χ1v) is 40.2. The van der Waals surface area contributed by atoms with Gasteiger partial charge < -0.3 is 33.8 Å². The number of carbonyl (C=O) groups excluding carboxylic acids is 4. The summed E-state index contributed by atoms with van der Waals surface area (Å²) >= 11 is 0. The first-order chi connectivity index (χ1) is 43.6. The third-order valence-electron chi connectivity index (χ3n) is 16.6. The number of hydrogen-bond donors (Lipinski definition) is 3. The molecule has 0 fully saturated rings.